The first-order valence-corrected chi connectivity index (χ1v) is 25.3. The molecule has 0 saturated heterocycles. The molecule has 4 heterocycles. The van der Waals surface area contributed by atoms with E-state index >= 15 is 0 Å². The van der Waals surface area contributed by atoms with Crippen molar-refractivity contribution in [3.8, 4) is 22.3 Å². The molecule has 0 fully saturated rings. The van der Waals surface area contributed by atoms with Crippen molar-refractivity contribution in [2.24, 2.45) is 0 Å². The first kappa shape index (κ1) is 40.9. The molecule has 0 radical (unpaired) electrons. The van der Waals surface area contributed by atoms with Crippen LogP contribution in [-0.4, -0.2) is 8.80 Å². The maximum atomic E-state index is 2.58. The lowest BCUT2D eigenvalue weighted by Crippen LogP contribution is -2.05. The van der Waals surface area contributed by atoms with Crippen LogP contribution in [0.4, 0.5) is 0 Å². The predicted molar refractivity (Wildman–Crippen MR) is 304 cm³/mol. The number of rotatable bonds is 8. The van der Waals surface area contributed by atoms with E-state index < -0.39 is 0 Å². The van der Waals surface area contributed by atoms with E-state index in [2.05, 4.69) is 265 Å². The maximum Gasteiger partial charge on any atom is 0.0623 e. The van der Waals surface area contributed by atoms with Crippen LogP contribution in [0.3, 0.4) is 0 Å². The van der Waals surface area contributed by atoms with Crippen molar-refractivity contribution in [3.05, 3.63) is 287 Å². The summed E-state index contributed by atoms with van der Waals surface area (Å²) < 4.78 is 5.16. The van der Waals surface area contributed by atoms with Crippen LogP contribution < -0.4 is 0 Å². The van der Waals surface area contributed by atoms with E-state index in [0.29, 0.717) is 0 Å². The molecule has 0 spiro atoms. The Morgan fingerprint density at radius 3 is 1.07 bits per heavy atom. The summed E-state index contributed by atoms with van der Waals surface area (Å²) in [6.45, 7) is 4.42. The first-order valence-electron chi connectivity index (χ1n) is 25.3. The molecule has 2 atom stereocenters. The number of nitrogens with zero attached hydrogens (tertiary/aromatic N) is 2. The van der Waals surface area contributed by atoms with Gasteiger partial charge in [-0.05, 0) is 93.7 Å². The molecule has 2 nitrogen and oxygen atoms in total. The van der Waals surface area contributed by atoms with Gasteiger partial charge in [-0.15, -0.1) is 0 Å². The van der Waals surface area contributed by atoms with E-state index in [0.717, 1.165) is 0 Å². The molecule has 2 unspecified atom stereocenters. The fraction of sp³-hybridized carbons (Fsp3) is 0.0571. The average molecular weight is 917 g/mol. The summed E-state index contributed by atoms with van der Waals surface area (Å²) in [5.41, 5.74) is 22.8. The van der Waals surface area contributed by atoms with E-state index in [1.807, 2.05) is 0 Å². The highest BCUT2D eigenvalue weighted by Gasteiger charge is 2.29. The molecule has 15 rings (SSSR count). The van der Waals surface area contributed by atoms with Gasteiger partial charge in [0.1, 0.15) is 0 Å². The van der Waals surface area contributed by atoms with Gasteiger partial charge in [-0.2, -0.15) is 0 Å². The summed E-state index contributed by atoms with van der Waals surface area (Å²) >= 11 is 0. The second-order valence-corrected chi connectivity index (χ2v) is 20.1. The molecule has 0 aliphatic rings. The molecule has 338 valence electrons. The van der Waals surface area contributed by atoms with Gasteiger partial charge in [0.25, 0.3) is 0 Å². The number of hydrogen-bond donors (Lipinski definition) is 0. The fourth-order valence-electron chi connectivity index (χ4n) is 12.9. The van der Waals surface area contributed by atoms with Crippen LogP contribution in [0.25, 0.3) is 98.4 Å². The third-order valence-electron chi connectivity index (χ3n) is 15.9. The van der Waals surface area contributed by atoms with E-state index in [1.54, 1.807) is 0 Å². The molecular weight excluding hydrogens is 869 g/mol. The van der Waals surface area contributed by atoms with Gasteiger partial charge in [0.2, 0.25) is 0 Å². The number of aryl methyl sites for hydroxylation is 2. The van der Waals surface area contributed by atoms with Crippen LogP contribution in [0.2, 0.25) is 0 Å². The molecule has 15 aromatic rings. The highest BCUT2D eigenvalue weighted by Crippen LogP contribution is 2.50. The van der Waals surface area contributed by atoms with Gasteiger partial charge in [-0.1, -0.05) is 230 Å². The summed E-state index contributed by atoms with van der Waals surface area (Å²) in [5.74, 6) is 0.0289. The van der Waals surface area contributed by atoms with E-state index in [9.17, 15) is 0 Å². The number of hydrogen-bond acceptors (Lipinski definition) is 0. The third kappa shape index (κ3) is 6.02. The molecule has 0 aliphatic carbocycles. The van der Waals surface area contributed by atoms with Crippen LogP contribution >= 0.6 is 0 Å². The first-order chi connectivity index (χ1) is 35.6. The van der Waals surface area contributed by atoms with Gasteiger partial charge in [0, 0.05) is 54.9 Å². The van der Waals surface area contributed by atoms with E-state index in [4.69, 9.17) is 0 Å². The Labute approximate surface area is 418 Å². The number of para-hydroxylation sites is 2. The van der Waals surface area contributed by atoms with E-state index in [1.165, 1.54) is 143 Å². The Hall–Kier alpha value is -8.98. The van der Waals surface area contributed by atoms with Crippen molar-refractivity contribution in [2.75, 3.05) is 0 Å². The van der Waals surface area contributed by atoms with Gasteiger partial charge < -0.3 is 8.80 Å². The molecule has 72 heavy (non-hydrogen) atoms. The minimum Gasteiger partial charge on any atom is -0.308 e. The zero-order valence-corrected chi connectivity index (χ0v) is 40.1. The topological polar surface area (TPSA) is 8.82 Å². The monoisotopic (exact) mass is 916 g/mol. The number of fused-ring (bicyclic) bond motifs is 12. The minimum absolute atomic E-state index is 0.0145. The highest BCUT2D eigenvalue weighted by atomic mass is 14.9. The zero-order valence-electron chi connectivity index (χ0n) is 40.1. The van der Waals surface area contributed by atoms with Crippen molar-refractivity contribution in [2.45, 2.75) is 25.7 Å². The van der Waals surface area contributed by atoms with Crippen LogP contribution in [-0.2, 0) is 0 Å². The van der Waals surface area contributed by atoms with Crippen LogP contribution in [0, 0.1) is 13.8 Å². The normalized spacial score (nSPS) is 13.0. The Morgan fingerprint density at radius 2 is 0.639 bits per heavy atom. The van der Waals surface area contributed by atoms with Gasteiger partial charge in [0.15, 0.2) is 0 Å². The number of benzene rings is 11. The maximum absolute atomic E-state index is 2.58. The Bertz CT molecular complexity index is 4300. The minimum atomic E-state index is 0.0145. The van der Waals surface area contributed by atoms with Crippen molar-refractivity contribution < 1.29 is 0 Å². The SMILES string of the molecule is Cc1cccc(C(c2cccc(-c3ccccc3)c2)c2ccc3c4cc5c(cc4n4c6ccccc6c2c34)c2ccc(C(c3cccc(C)c3)c3cccc(-c4ccccc4)c3)c3c4ccccc4n5c23)c1. The highest BCUT2D eigenvalue weighted by molar-refractivity contribution is 6.30. The van der Waals surface area contributed by atoms with Gasteiger partial charge in [-0.3, -0.25) is 0 Å². The Balaban J connectivity index is 0.993. The molecule has 0 amide bonds. The van der Waals surface area contributed by atoms with Crippen molar-refractivity contribution in [1.82, 2.24) is 8.80 Å². The van der Waals surface area contributed by atoms with Crippen LogP contribution in [0.5, 0.6) is 0 Å². The lowest BCUT2D eigenvalue weighted by molar-refractivity contribution is 0.988. The number of aromatic nitrogens is 2. The quantitative estimate of drug-likeness (QED) is 0.134. The molecular formula is C70H48N2. The molecule has 0 N–H and O–H groups in total. The van der Waals surface area contributed by atoms with Crippen molar-refractivity contribution >= 4 is 76.2 Å². The molecule has 11 aromatic carbocycles. The zero-order chi connectivity index (χ0) is 47.6. The van der Waals surface area contributed by atoms with Gasteiger partial charge in [0.05, 0.1) is 33.1 Å². The van der Waals surface area contributed by atoms with Crippen LogP contribution in [0.15, 0.2) is 243 Å². The Kier molecular flexibility index (Phi) is 8.95. The molecule has 0 aliphatic heterocycles. The largest absolute Gasteiger partial charge is 0.308 e. The fourth-order valence-corrected chi connectivity index (χ4v) is 12.9. The molecule has 4 aromatic heterocycles. The Morgan fingerprint density at radius 1 is 0.264 bits per heavy atom. The van der Waals surface area contributed by atoms with Crippen molar-refractivity contribution in [1.29, 1.82) is 0 Å². The standard InChI is InChI=1S/C70H48N2/c1-43-17-13-25-49(37-43)65(51-27-15-23-47(39-51)45-19-5-3-6-20-45)57-35-33-53-59-41-64-60(42-63(59)71-61-31-11-9-29-55(61)67(57)69(53)71)54-34-36-58(68-56-30-10-12-32-62(56)72(64)70(54)68)66(50-26-14-18-44(2)38-50)52-28-16-24-48(40-52)46-21-7-4-8-22-46/h3-42,65-66H,1-2H3. The summed E-state index contributed by atoms with van der Waals surface area (Å²) in [7, 11) is 0. The lowest BCUT2D eigenvalue weighted by atomic mass is 9.81. The second kappa shape index (κ2) is 15.8. The summed E-state index contributed by atoms with van der Waals surface area (Å²) in [6.07, 6.45) is 0. The van der Waals surface area contributed by atoms with E-state index in [-0.39, 0.29) is 11.8 Å². The molecule has 0 bridgehead atoms. The summed E-state index contributed by atoms with van der Waals surface area (Å²) in [6, 6.07) is 91.2. The smallest absolute Gasteiger partial charge is 0.0623 e. The van der Waals surface area contributed by atoms with Gasteiger partial charge in [-0.25, -0.2) is 0 Å². The molecule has 2 heteroatoms. The van der Waals surface area contributed by atoms with Gasteiger partial charge >= 0.3 is 0 Å². The van der Waals surface area contributed by atoms with Crippen LogP contribution in [0.1, 0.15) is 56.3 Å². The lowest BCUT2D eigenvalue weighted by Gasteiger charge is -2.22. The summed E-state index contributed by atoms with van der Waals surface area (Å²) in [5, 5.41) is 10.3. The second-order valence-electron chi connectivity index (χ2n) is 20.1. The summed E-state index contributed by atoms with van der Waals surface area (Å²) in [4.78, 5) is 0. The molecule has 0 saturated carbocycles. The average Bonchev–Trinajstić information content (AvgIpc) is 4.16. The third-order valence-corrected chi connectivity index (χ3v) is 15.9. The van der Waals surface area contributed by atoms with Crippen molar-refractivity contribution in [3.63, 3.8) is 0 Å². The predicted octanol–water partition coefficient (Wildman–Crippen LogP) is 18.3.